The highest BCUT2D eigenvalue weighted by molar-refractivity contribution is 5.82. The second-order valence-corrected chi connectivity index (χ2v) is 9.96. The Hall–Kier alpha value is -3.23. The fraction of sp³-hybridized carbons (Fsp3) is 0.440. The Morgan fingerprint density at radius 2 is 1.91 bits per heavy atom. The van der Waals surface area contributed by atoms with Crippen molar-refractivity contribution in [3.05, 3.63) is 48.0 Å². The monoisotopic (exact) mass is 475 g/mol. The number of aliphatic carboxylic acids is 1. The van der Waals surface area contributed by atoms with Gasteiger partial charge in [-0.25, -0.2) is 4.98 Å². The molecule has 0 saturated heterocycles. The van der Waals surface area contributed by atoms with E-state index in [9.17, 15) is 18.0 Å². The van der Waals surface area contributed by atoms with Crippen molar-refractivity contribution in [2.24, 2.45) is 11.3 Å². The van der Waals surface area contributed by atoms with E-state index in [2.05, 4.69) is 35.4 Å². The zero-order valence-electron chi connectivity index (χ0n) is 19.3. The first-order valence-corrected chi connectivity index (χ1v) is 11.2. The Labute approximate surface area is 195 Å². The predicted octanol–water partition coefficient (Wildman–Crippen LogP) is 6.69. The summed E-state index contributed by atoms with van der Waals surface area (Å²) in [5, 5.41) is 12.4. The minimum atomic E-state index is -4.75. The van der Waals surface area contributed by atoms with Crippen molar-refractivity contribution in [1.82, 2.24) is 9.55 Å². The van der Waals surface area contributed by atoms with Gasteiger partial charge in [0.2, 0.25) is 5.95 Å². The number of benzene rings is 2. The summed E-state index contributed by atoms with van der Waals surface area (Å²) in [6, 6.07) is 11.2. The summed E-state index contributed by atoms with van der Waals surface area (Å²) in [7, 11) is 0. The first-order valence-electron chi connectivity index (χ1n) is 11.2. The SMILES string of the molecule is C[C@H]1C[C@H](n2c(Nc3ccc(OC(F)(F)F)cc3)nc3cc(CC(=O)O)ccc32)CC(C)(C)C1. The molecule has 34 heavy (non-hydrogen) atoms. The molecule has 0 amide bonds. The molecule has 1 aliphatic carbocycles. The van der Waals surface area contributed by atoms with E-state index < -0.39 is 12.3 Å². The third-order valence-electron chi connectivity index (χ3n) is 6.18. The molecule has 182 valence electrons. The molecule has 0 aliphatic heterocycles. The van der Waals surface area contributed by atoms with Gasteiger partial charge in [-0.3, -0.25) is 4.79 Å². The molecule has 1 saturated carbocycles. The van der Waals surface area contributed by atoms with E-state index in [1.54, 1.807) is 12.1 Å². The molecule has 9 heteroatoms. The van der Waals surface area contributed by atoms with Crippen LogP contribution in [-0.2, 0) is 11.2 Å². The molecular weight excluding hydrogens is 447 g/mol. The molecule has 2 aromatic carbocycles. The second-order valence-electron chi connectivity index (χ2n) is 9.96. The molecule has 2 N–H and O–H groups in total. The Morgan fingerprint density at radius 1 is 1.21 bits per heavy atom. The highest BCUT2D eigenvalue weighted by Gasteiger charge is 2.35. The number of hydrogen-bond donors (Lipinski definition) is 2. The van der Waals surface area contributed by atoms with Gasteiger partial charge in [-0.1, -0.05) is 26.8 Å². The van der Waals surface area contributed by atoms with Gasteiger partial charge in [0.15, 0.2) is 0 Å². The molecule has 0 spiro atoms. The first-order chi connectivity index (χ1) is 15.9. The largest absolute Gasteiger partial charge is 0.573 e. The molecule has 2 atom stereocenters. The van der Waals surface area contributed by atoms with Crippen LogP contribution in [0.25, 0.3) is 11.0 Å². The maximum atomic E-state index is 12.5. The van der Waals surface area contributed by atoms with E-state index >= 15 is 0 Å². The van der Waals surface area contributed by atoms with Crippen LogP contribution in [0.15, 0.2) is 42.5 Å². The smallest absolute Gasteiger partial charge is 0.481 e. The van der Waals surface area contributed by atoms with Gasteiger partial charge >= 0.3 is 12.3 Å². The zero-order valence-corrected chi connectivity index (χ0v) is 19.3. The molecule has 0 radical (unpaired) electrons. The van der Waals surface area contributed by atoms with Crippen LogP contribution in [0.1, 0.15) is 51.6 Å². The van der Waals surface area contributed by atoms with E-state index in [0.717, 1.165) is 24.8 Å². The minimum absolute atomic E-state index is 0.0975. The number of anilines is 2. The van der Waals surface area contributed by atoms with Crippen molar-refractivity contribution in [1.29, 1.82) is 0 Å². The number of alkyl halides is 3. The lowest BCUT2D eigenvalue weighted by molar-refractivity contribution is -0.274. The second kappa shape index (κ2) is 8.85. The van der Waals surface area contributed by atoms with Crippen LogP contribution in [0, 0.1) is 11.3 Å². The van der Waals surface area contributed by atoms with Gasteiger partial charge in [0, 0.05) is 11.7 Å². The van der Waals surface area contributed by atoms with Gasteiger partial charge in [-0.2, -0.15) is 0 Å². The number of imidazole rings is 1. The molecule has 1 heterocycles. The number of carboxylic acid groups (broad SMARTS) is 1. The van der Waals surface area contributed by atoms with Crippen LogP contribution in [0.2, 0.25) is 0 Å². The van der Waals surface area contributed by atoms with Crippen LogP contribution in [-0.4, -0.2) is 27.0 Å². The lowest BCUT2D eigenvalue weighted by Crippen LogP contribution is -2.29. The molecular formula is C25H28F3N3O3. The van der Waals surface area contributed by atoms with Crippen LogP contribution in [0.5, 0.6) is 5.75 Å². The number of carbonyl (C=O) groups is 1. The van der Waals surface area contributed by atoms with Gasteiger partial charge in [0.25, 0.3) is 0 Å². The maximum absolute atomic E-state index is 12.5. The minimum Gasteiger partial charge on any atom is -0.481 e. The zero-order chi connectivity index (χ0) is 24.7. The summed E-state index contributed by atoms with van der Waals surface area (Å²) in [6.07, 6.45) is -1.80. The van der Waals surface area contributed by atoms with Gasteiger partial charge in [0.1, 0.15) is 5.75 Å². The molecule has 1 aliphatic rings. The Bertz CT molecular complexity index is 1190. The highest BCUT2D eigenvalue weighted by Crippen LogP contribution is 2.46. The third-order valence-corrected chi connectivity index (χ3v) is 6.18. The molecule has 0 unspecified atom stereocenters. The lowest BCUT2D eigenvalue weighted by Gasteiger charge is -2.40. The summed E-state index contributed by atoms with van der Waals surface area (Å²) in [5.74, 6) is -0.125. The van der Waals surface area contributed by atoms with Gasteiger partial charge in [-0.05, 0) is 72.6 Å². The number of hydrogen-bond acceptors (Lipinski definition) is 4. The van der Waals surface area contributed by atoms with Gasteiger partial charge < -0.3 is 19.7 Å². The lowest BCUT2D eigenvalue weighted by atomic mass is 9.70. The summed E-state index contributed by atoms with van der Waals surface area (Å²) in [5.41, 5.74) is 2.94. The molecule has 6 nitrogen and oxygen atoms in total. The van der Waals surface area contributed by atoms with Crippen molar-refractivity contribution >= 4 is 28.6 Å². The van der Waals surface area contributed by atoms with Gasteiger partial charge in [0.05, 0.1) is 17.5 Å². The molecule has 1 aromatic heterocycles. The Kier molecular flexibility index (Phi) is 6.22. The number of nitrogens with zero attached hydrogens (tertiary/aromatic N) is 2. The highest BCUT2D eigenvalue weighted by atomic mass is 19.4. The standard InChI is InChI=1S/C25H28F3N3O3/c1-15-10-18(14-24(2,3)13-15)31-21-9-4-16(12-22(32)33)11-20(21)30-23(31)29-17-5-7-19(8-6-17)34-25(26,27)28/h4-9,11,15,18H,10,12-14H2,1-3H3,(H,29,30)(H,32,33)/t15-,18-/m0/s1. The van der Waals surface area contributed by atoms with Crippen LogP contribution >= 0.6 is 0 Å². The average Bonchev–Trinajstić information content (AvgIpc) is 3.03. The third kappa shape index (κ3) is 5.63. The quantitative estimate of drug-likeness (QED) is 0.415. The average molecular weight is 476 g/mol. The van der Waals surface area contributed by atoms with E-state index in [-0.39, 0.29) is 23.6 Å². The predicted molar refractivity (Wildman–Crippen MR) is 123 cm³/mol. The van der Waals surface area contributed by atoms with Crippen LogP contribution < -0.4 is 10.1 Å². The summed E-state index contributed by atoms with van der Waals surface area (Å²) in [4.78, 5) is 15.9. The van der Waals surface area contributed by atoms with Crippen LogP contribution in [0.3, 0.4) is 0 Å². The number of halogens is 3. The van der Waals surface area contributed by atoms with Crippen molar-refractivity contribution in [3.8, 4) is 5.75 Å². The normalized spacial score (nSPS) is 20.3. The summed E-state index contributed by atoms with van der Waals surface area (Å²) < 4.78 is 43.6. The van der Waals surface area contributed by atoms with Crippen molar-refractivity contribution in [3.63, 3.8) is 0 Å². The molecule has 1 fully saturated rings. The number of ether oxygens (including phenoxy) is 1. The molecule has 0 bridgehead atoms. The molecule has 4 rings (SSSR count). The van der Waals surface area contributed by atoms with Crippen LogP contribution in [0.4, 0.5) is 24.8 Å². The number of fused-ring (bicyclic) bond motifs is 1. The number of nitrogens with one attached hydrogen (secondary N) is 1. The van der Waals surface area contributed by atoms with Crippen molar-refractivity contribution < 1.29 is 27.8 Å². The van der Waals surface area contributed by atoms with Gasteiger partial charge in [-0.15, -0.1) is 13.2 Å². The molecule has 3 aromatic rings. The summed E-state index contributed by atoms with van der Waals surface area (Å²) in [6.45, 7) is 6.75. The van der Waals surface area contributed by atoms with Crippen molar-refractivity contribution in [2.45, 2.75) is 58.9 Å². The van der Waals surface area contributed by atoms with E-state index in [1.165, 1.54) is 24.3 Å². The van der Waals surface area contributed by atoms with E-state index in [4.69, 9.17) is 10.1 Å². The Morgan fingerprint density at radius 3 is 2.53 bits per heavy atom. The van der Waals surface area contributed by atoms with E-state index in [1.807, 2.05) is 6.07 Å². The summed E-state index contributed by atoms with van der Waals surface area (Å²) >= 11 is 0. The first kappa shape index (κ1) is 23.9. The van der Waals surface area contributed by atoms with E-state index in [0.29, 0.717) is 28.6 Å². The number of carboxylic acids is 1. The number of rotatable bonds is 6. The Balaban J connectivity index is 1.72. The maximum Gasteiger partial charge on any atom is 0.573 e. The number of aromatic nitrogens is 2. The fourth-order valence-electron chi connectivity index (χ4n) is 5.25. The fourth-order valence-corrected chi connectivity index (χ4v) is 5.25. The van der Waals surface area contributed by atoms with Crippen molar-refractivity contribution in [2.75, 3.05) is 5.32 Å². The topological polar surface area (TPSA) is 76.4 Å².